The monoisotopic (exact) mass is 366 g/mol. The van der Waals surface area contributed by atoms with Crippen LogP contribution < -0.4 is 4.74 Å². The van der Waals surface area contributed by atoms with Crippen molar-refractivity contribution in [2.24, 2.45) is 0 Å². The molecule has 0 aliphatic carbocycles. The summed E-state index contributed by atoms with van der Waals surface area (Å²) < 4.78 is 5.63. The van der Waals surface area contributed by atoms with E-state index in [1.165, 1.54) is 16.7 Å². The number of ether oxygens (including phenoxy) is 1. The third-order valence-electron chi connectivity index (χ3n) is 3.99. The SMILES string of the molecule is Cc1ccc(C(C)(C)C)cc1.Cc1ccc(Oc2ccc(Cl)cc2)cc1. The van der Waals surface area contributed by atoms with Crippen LogP contribution in [0.4, 0.5) is 0 Å². The number of halogens is 1. The first kappa shape index (κ1) is 20.1. The van der Waals surface area contributed by atoms with E-state index >= 15 is 0 Å². The molecule has 3 aromatic rings. The Bertz CT molecular complexity index is 751. The maximum Gasteiger partial charge on any atom is 0.127 e. The molecule has 0 unspecified atom stereocenters. The van der Waals surface area contributed by atoms with Crippen molar-refractivity contribution in [3.63, 3.8) is 0 Å². The van der Waals surface area contributed by atoms with E-state index in [9.17, 15) is 0 Å². The Hall–Kier alpha value is -2.25. The maximum absolute atomic E-state index is 5.78. The molecule has 0 aromatic heterocycles. The van der Waals surface area contributed by atoms with Gasteiger partial charge in [-0.1, -0.05) is 79.9 Å². The van der Waals surface area contributed by atoms with Gasteiger partial charge in [0, 0.05) is 5.02 Å². The van der Waals surface area contributed by atoms with Gasteiger partial charge in [0.1, 0.15) is 11.5 Å². The van der Waals surface area contributed by atoms with E-state index in [4.69, 9.17) is 16.3 Å². The number of rotatable bonds is 2. The lowest BCUT2D eigenvalue weighted by molar-refractivity contribution is 0.482. The lowest BCUT2D eigenvalue weighted by Crippen LogP contribution is -2.10. The molecule has 0 fully saturated rings. The van der Waals surface area contributed by atoms with Crippen LogP contribution in [-0.2, 0) is 5.41 Å². The molecule has 26 heavy (non-hydrogen) atoms. The summed E-state index contributed by atoms with van der Waals surface area (Å²) in [5, 5.41) is 0.714. The van der Waals surface area contributed by atoms with E-state index in [0.29, 0.717) is 5.02 Å². The Morgan fingerprint density at radius 3 is 1.42 bits per heavy atom. The predicted molar refractivity (Wildman–Crippen MR) is 113 cm³/mol. The Morgan fingerprint density at radius 2 is 1.00 bits per heavy atom. The third kappa shape index (κ3) is 6.57. The van der Waals surface area contributed by atoms with E-state index in [1.54, 1.807) is 0 Å². The van der Waals surface area contributed by atoms with Gasteiger partial charge in [0.2, 0.25) is 0 Å². The lowest BCUT2D eigenvalue weighted by Gasteiger charge is -2.18. The van der Waals surface area contributed by atoms with E-state index < -0.39 is 0 Å². The van der Waals surface area contributed by atoms with Crippen molar-refractivity contribution in [2.45, 2.75) is 40.0 Å². The molecule has 3 aromatic carbocycles. The molecule has 0 bridgehead atoms. The fourth-order valence-corrected chi connectivity index (χ4v) is 2.42. The van der Waals surface area contributed by atoms with Crippen molar-refractivity contribution in [3.8, 4) is 11.5 Å². The van der Waals surface area contributed by atoms with Gasteiger partial charge in [-0.15, -0.1) is 0 Å². The van der Waals surface area contributed by atoms with E-state index in [-0.39, 0.29) is 5.41 Å². The normalized spacial score (nSPS) is 10.7. The van der Waals surface area contributed by atoms with E-state index in [0.717, 1.165) is 11.5 Å². The number of hydrogen-bond acceptors (Lipinski definition) is 1. The Morgan fingerprint density at radius 1 is 0.615 bits per heavy atom. The molecule has 2 heteroatoms. The Balaban J connectivity index is 0.000000197. The van der Waals surface area contributed by atoms with E-state index in [2.05, 4.69) is 52.0 Å². The highest BCUT2D eigenvalue weighted by atomic mass is 35.5. The number of hydrogen-bond donors (Lipinski definition) is 0. The molecule has 3 rings (SSSR count). The smallest absolute Gasteiger partial charge is 0.127 e. The molecule has 0 spiro atoms. The second-order valence-electron chi connectivity index (χ2n) is 7.49. The topological polar surface area (TPSA) is 9.23 Å². The predicted octanol–water partition coefficient (Wildman–Crippen LogP) is 7.73. The van der Waals surface area contributed by atoms with Crippen LogP contribution in [0.3, 0.4) is 0 Å². The average Bonchev–Trinajstić information content (AvgIpc) is 2.59. The van der Waals surface area contributed by atoms with Crippen LogP contribution in [0.5, 0.6) is 11.5 Å². The van der Waals surface area contributed by atoms with Crippen LogP contribution >= 0.6 is 11.6 Å². The summed E-state index contributed by atoms with van der Waals surface area (Å²) in [6.07, 6.45) is 0. The Kier molecular flexibility index (Phi) is 6.88. The highest BCUT2D eigenvalue weighted by molar-refractivity contribution is 6.30. The van der Waals surface area contributed by atoms with Crippen LogP contribution in [0.1, 0.15) is 37.5 Å². The Labute approximate surface area is 162 Å². The number of benzene rings is 3. The van der Waals surface area contributed by atoms with Crippen LogP contribution in [-0.4, -0.2) is 0 Å². The van der Waals surface area contributed by atoms with Crippen molar-refractivity contribution >= 4 is 11.6 Å². The molecule has 1 nitrogen and oxygen atoms in total. The maximum atomic E-state index is 5.78. The summed E-state index contributed by atoms with van der Waals surface area (Å²) >= 11 is 5.78. The summed E-state index contributed by atoms with van der Waals surface area (Å²) in [5.74, 6) is 1.63. The molecule has 0 aliphatic heterocycles. The van der Waals surface area contributed by atoms with Crippen LogP contribution in [0, 0.1) is 13.8 Å². The first-order valence-corrected chi connectivity index (χ1v) is 9.19. The molecular formula is C24H27ClO. The van der Waals surface area contributed by atoms with Crippen molar-refractivity contribution < 1.29 is 4.74 Å². The molecule has 0 N–H and O–H groups in total. The highest BCUT2D eigenvalue weighted by Crippen LogP contribution is 2.23. The molecular weight excluding hydrogens is 340 g/mol. The summed E-state index contributed by atoms with van der Waals surface area (Å²) in [4.78, 5) is 0. The second kappa shape index (κ2) is 8.91. The van der Waals surface area contributed by atoms with Gasteiger partial charge in [0.25, 0.3) is 0 Å². The highest BCUT2D eigenvalue weighted by Gasteiger charge is 2.11. The summed E-state index contributed by atoms with van der Waals surface area (Å²) in [5.41, 5.74) is 4.24. The quantitative estimate of drug-likeness (QED) is 0.450. The van der Waals surface area contributed by atoms with Gasteiger partial charge < -0.3 is 4.74 Å². The van der Waals surface area contributed by atoms with Gasteiger partial charge >= 0.3 is 0 Å². The molecule has 0 atom stereocenters. The minimum Gasteiger partial charge on any atom is -0.457 e. The van der Waals surface area contributed by atoms with Crippen molar-refractivity contribution in [2.75, 3.05) is 0 Å². The average molecular weight is 367 g/mol. The van der Waals surface area contributed by atoms with Gasteiger partial charge in [0.05, 0.1) is 0 Å². The van der Waals surface area contributed by atoms with Gasteiger partial charge in [0.15, 0.2) is 0 Å². The zero-order valence-corrected chi connectivity index (χ0v) is 17.0. The summed E-state index contributed by atoms with van der Waals surface area (Å²) in [6, 6.07) is 24.0. The van der Waals surface area contributed by atoms with Gasteiger partial charge in [-0.2, -0.15) is 0 Å². The summed E-state index contributed by atoms with van der Waals surface area (Å²) in [6.45, 7) is 10.9. The second-order valence-corrected chi connectivity index (χ2v) is 7.92. The van der Waals surface area contributed by atoms with Gasteiger partial charge in [-0.05, 0) is 61.2 Å². The standard InChI is InChI=1S/C13H11ClO.C11H16/c1-10-2-6-12(7-3-10)15-13-8-4-11(14)5-9-13;1-9-5-7-10(8-6-9)11(2,3)4/h2-9H,1H3;5-8H,1-4H3. The fourth-order valence-electron chi connectivity index (χ4n) is 2.30. The molecule has 0 radical (unpaired) electrons. The largest absolute Gasteiger partial charge is 0.457 e. The minimum absolute atomic E-state index is 0.285. The van der Waals surface area contributed by atoms with Crippen LogP contribution in [0.15, 0.2) is 72.8 Å². The summed E-state index contributed by atoms with van der Waals surface area (Å²) in [7, 11) is 0. The third-order valence-corrected chi connectivity index (χ3v) is 4.24. The fraction of sp³-hybridized carbons (Fsp3) is 0.250. The zero-order chi connectivity index (χ0) is 19.2. The molecule has 0 heterocycles. The molecule has 0 saturated heterocycles. The molecule has 136 valence electrons. The van der Waals surface area contributed by atoms with Crippen molar-refractivity contribution in [3.05, 3.63) is 94.5 Å². The minimum atomic E-state index is 0.285. The molecule has 0 amide bonds. The van der Waals surface area contributed by atoms with Gasteiger partial charge in [-0.25, -0.2) is 0 Å². The van der Waals surface area contributed by atoms with Crippen LogP contribution in [0.2, 0.25) is 5.02 Å². The molecule has 0 saturated carbocycles. The van der Waals surface area contributed by atoms with Gasteiger partial charge in [-0.3, -0.25) is 0 Å². The zero-order valence-electron chi connectivity index (χ0n) is 16.2. The first-order chi connectivity index (χ1) is 12.2. The van der Waals surface area contributed by atoms with Crippen molar-refractivity contribution in [1.82, 2.24) is 0 Å². The lowest BCUT2D eigenvalue weighted by atomic mass is 9.87. The van der Waals surface area contributed by atoms with Crippen molar-refractivity contribution in [1.29, 1.82) is 0 Å². The molecule has 0 aliphatic rings. The number of aryl methyl sites for hydroxylation is 2. The van der Waals surface area contributed by atoms with E-state index in [1.807, 2.05) is 55.5 Å². The first-order valence-electron chi connectivity index (χ1n) is 8.81. The van der Waals surface area contributed by atoms with Crippen LogP contribution in [0.25, 0.3) is 0 Å².